The molecule has 0 aromatic heterocycles. The number of esters is 1. The number of rotatable bonds is 5. The van der Waals surface area contributed by atoms with Crippen LogP contribution in [-0.4, -0.2) is 25.2 Å². The van der Waals surface area contributed by atoms with Gasteiger partial charge < -0.3 is 14.8 Å². The highest BCUT2D eigenvalue weighted by atomic mass is 16.5. The van der Waals surface area contributed by atoms with Crippen molar-refractivity contribution in [3.63, 3.8) is 0 Å². The Hall–Kier alpha value is -1.71. The van der Waals surface area contributed by atoms with Gasteiger partial charge in [-0.05, 0) is 31.9 Å². The Labute approximate surface area is 114 Å². The number of methoxy groups -OCH3 is 1. The third-order valence-corrected chi connectivity index (χ3v) is 3.58. The maximum absolute atomic E-state index is 12.2. The fourth-order valence-electron chi connectivity index (χ4n) is 2.61. The molecule has 1 N–H and O–H groups in total. The molecule has 1 aromatic rings. The third kappa shape index (κ3) is 3.00. The predicted molar refractivity (Wildman–Crippen MR) is 74.4 cm³/mol. The Morgan fingerprint density at radius 3 is 2.74 bits per heavy atom. The summed E-state index contributed by atoms with van der Waals surface area (Å²) in [5.41, 5.74) is 0.330. The molecule has 0 spiro atoms. The molecule has 0 aliphatic heterocycles. The van der Waals surface area contributed by atoms with Crippen molar-refractivity contribution < 1.29 is 14.3 Å². The second-order valence-corrected chi connectivity index (χ2v) is 4.87. The summed E-state index contributed by atoms with van der Waals surface area (Å²) in [5.74, 6) is 0.636. The molecule has 1 fully saturated rings. The Kier molecular flexibility index (Phi) is 4.30. The van der Waals surface area contributed by atoms with E-state index in [4.69, 9.17) is 9.47 Å². The highest BCUT2D eigenvalue weighted by molar-refractivity contribution is 5.85. The van der Waals surface area contributed by atoms with Gasteiger partial charge in [-0.2, -0.15) is 0 Å². The van der Waals surface area contributed by atoms with Gasteiger partial charge >= 0.3 is 5.97 Å². The average molecular weight is 263 g/mol. The van der Waals surface area contributed by atoms with Crippen molar-refractivity contribution in [2.24, 2.45) is 0 Å². The minimum atomic E-state index is -0.567. The van der Waals surface area contributed by atoms with Gasteiger partial charge in [0, 0.05) is 11.8 Å². The van der Waals surface area contributed by atoms with Crippen molar-refractivity contribution in [1.29, 1.82) is 0 Å². The Bertz CT molecular complexity index is 439. The van der Waals surface area contributed by atoms with Crippen LogP contribution in [0.25, 0.3) is 0 Å². The van der Waals surface area contributed by atoms with Gasteiger partial charge in [-0.3, -0.25) is 0 Å². The lowest BCUT2D eigenvalue weighted by Gasteiger charge is -2.29. The van der Waals surface area contributed by atoms with Crippen molar-refractivity contribution in [1.82, 2.24) is 0 Å². The van der Waals surface area contributed by atoms with E-state index in [0.29, 0.717) is 6.61 Å². The molecule has 0 amide bonds. The lowest BCUT2D eigenvalue weighted by atomic mass is 9.97. The van der Waals surface area contributed by atoms with Gasteiger partial charge in [-0.1, -0.05) is 18.9 Å². The number of hydrogen-bond acceptors (Lipinski definition) is 4. The predicted octanol–water partition coefficient (Wildman–Crippen LogP) is 2.98. The highest BCUT2D eigenvalue weighted by Gasteiger charge is 2.42. The number of ether oxygens (including phenoxy) is 2. The van der Waals surface area contributed by atoms with Crippen LogP contribution in [0.4, 0.5) is 5.69 Å². The van der Waals surface area contributed by atoms with Crippen molar-refractivity contribution in [3.05, 3.63) is 24.3 Å². The largest absolute Gasteiger partial charge is 0.497 e. The summed E-state index contributed by atoms with van der Waals surface area (Å²) >= 11 is 0. The molecule has 0 radical (unpaired) electrons. The van der Waals surface area contributed by atoms with Crippen molar-refractivity contribution in [2.45, 2.75) is 38.1 Å². The molecule has 1 aromatic carbocycles. The van der Waals surface area contributed by atoms with E-state index in [1.54, 1.807) is 7.11 Å². The molecule has 4 heteroatoms. The standard InChI is InChI=1S/C15H21NO3/c1-3-19-14(17)15(9-4-5-10-15)16-12-7-6-8-13(11-12)18-2/h6-8,11,16H,3-5,9-10H2,1-2H3. The molecule has 0 heterocycles. The number of carbonyl (C=O) groups excluding carboxylic acids is 1. The van der Waals surface area contributed by atoms with E-state index < -0.39 is 5.54 Å². The van der Waals surface area contributed by atoms with Gasteiger partial charge in [0.15, 0.2) is 0 Å². The van der Waals surface area contributed by atoms with E-state index in [9.17, 15) is 4.79 Å². The van der Waals surface area contributed by atoms with Crippen LogP contribution in [0, 0.1) is 0 Å². The Balaban J connectivity index is 2.18. The van der Waals surface area contributed by atoms with E-state index in [-0.39, 0.29) is 5.97 Å². The second kappa shape index (κ2) is 5.95. The van der Waals surface area contributed by atoms with E-state index in [2.05, 4.69) is 5.32 Å². The second-order valence-electron chi connectivity index (χ2n) is 4.87. The minimum Gasteiger partial charge on any atom is -0.497 e. The zero-order valence-electron chi connectivity index (χ0n) is 11.6. The normalized spacial score (nSPS) is 16.9. The smallest absolute Gasteiger partial charge is 0.331 e. The van der Waals surface area contributed by atoms with Crippen LogP contribution >= 0.6 is 0 Å². The molecule has 19 heavy (non-hydrogen) atoms. The SMILES string of the molecule is CCOC(=O)C1(Nc2cccc(OC)c2)CCCC1. The van der Waals surface area contributed by atoms with Gasteiger partial charge in [-0.15, -0.1) is 0 Å². The van der Waals surface area contributed by atoms with E-state index in [1.165, 1.54) is 0 Å². The van der Waals surface area contributed by atoms with Crippen LogP contribution in [0.3, 0.4) is 0 Å². The molecule has 0 unspecified atom stereocenters. The summed E-state index contributed by atoms with van der Waals surface area (Å²) in [7, 11) is 1.63. The maximum Gasteiger partial charge on any atom is 0.331 e. The quantitative estimate of drug-likeness (QED) is 0.830. The van der Waals surface area contributed by atoms with Gasteiger partial charge in [-0.25, -0.2) is 4.79 Å². The number of benzene rings is 1. The van der Waals surface area contributed by atoms with Crippen LogP contribution < -0.4 is 10.1 Å². The molecule has 4 nitrogen and oxygen atoms in total. The first kappa shape index (κ1) is 13.7. The van der Waals surface area contributed by atoms with Crippen molar-refractivity contribution >= 4 is 11.7 Å². The molecule has 1 aliphatic rings. The first-order valence-corrected chi connectivity index (χ1v) is 6.79. The summed E-state index contributed by atoms with van der Waals surface area (Å²) in [6.45, 7) is 2.26. The third-order valence-electron chi connectivity index (χ3n) is 3.58. The molecule has 0 bridgehead atoms. The fraction of sp³-hybridized carbons (Fsp3) is 0.533. The number of nitrogens with one attached hydrogen (secondary N) is 1. The lowest BCUT2D eigenvalue weighted by Crippen LogP contribution is -2.45. The zero-order valence-corrected chi connectivity index (χ0v) is 11.6. The summed E-state index contributed by atoms with van der Waals surface area (Å²) in [6.07, 6.45) is 3.75. The van der Waals surface area contributed by atoms with E-state index in [1.807, 2.05) is 31.2 Å². The zero-order chi connectivity index (χ0) is 13.7. The van der Waals surface area contributed by atoms with Gasteiger partial charge in [0.1, 0.15) is 11.3 Å². The van der Waals surface area contributed by atoms with Crippen LogP contribution in [0.1, 0.15) is 32.6 Å². The molecule has 1 aliphatic carbocycles. The van der Waals surface area contributed by atoms with E-state index in [0.717, 1.165) is 37.1 Å². The van der Waals surface area contributed by atoms with Crippen LogP contribution in [0.15, 0.2) is 24.3 Å². The molecule has 0 atom stereocenters. The van der Waals surface area contributed by atoms with Crippen LogP contribution in [-0.2, 0) is 9.53 Å². The molecule has 104 valence electrons. The first-order chi connectivity index (χ1) is 9.20. The minimum absolute atomic E-state index is 0.143. The first-order valence-electron chi connectivity index (χ1n) is 6.79. The highest BCUT2D eigenvalue weighted by Crippen LogP contribution is 2.35. The van der Waals surface area contributed by atoms with E-state index >= 15 is 0 Å². The topological polar surface area (TPSA) is 47.6 Å². The average Bonchev–Trinajstić information content (AvgIpc) is 2.89. The van der Waals surface area contributed by atoms with Crippen molar-refractivity contribution in [2.75, 3.05) is 19.0 Å². The molecule has 1 saturated carbocycles. The summed E-state index contributed by atoms with van der Waals surface area (Å²) in [5, 5.41) is 3.36. The number of anilines is 1. The fourth-order valence-corrected chi connectivity index (χ4v) is 2.61. The van der Waals surface area contributed by atoms with Gasteiger partial charge in [0.2, 0.25) is 0 Å². The van der Waals surface area contributed by atoms with Crippen molar-refractivity contribution in [3.8, 4) is 5.75 Å². The monoisotopic (exact) mass is 263 g/mol. The molecular formula is C15H21NO3. The van der Waals surface area contributed by atoms with Crippen LogP contribution in [0.2, 0.25) is 0 Å². The van der Waals surface area contributed by atoms with Gasteiger partial charge in [0.25, 0.3) is 0 Å². The Morgan fingerprint density at radius 1 is 1.37 bits per heavy atom. The number of carbonyl (C=O) groups is 1. The molecular weight excluding hydrogens is 242 g/mol. The summed E-state index contributed by atoms with van der Waals surface area (Å²) in [4.78, 5) is 12.2. The lowest BCUT2D eigenvalue weighted by molar-refractivity contribution is -0.148. The molecule has 0 saturated heterocycles. The number of hydrogen-bond donors (Lipinski definition) is 1. The Morgan fingerprint density at radius 2 is 2.11 bits per heavy atom. The molecule has 2 rings (SSSR count). The summed E-state index contributed by atoms with van der Waals surface area (Å²) < 4.78 is 10.4. The maximum atomic E-state index is 12.2. The van der Waals surface area contributed by atoms with Gasteiger partial charge in [0.05, 0.1) is 13.7 Å². The summed E-state index contributed by atoms with van der Waals surface area (Å²) in [6, 6.07) is 7.65. The van der Waals surface area contributed by atoms with Crippen LogP contribution in [0.5, 0.6) is 5.75 Å².